The van der Waals surface area contributed by atoms with Crippen LogP contribution in [0.25, 0.3) is 0 Å². The van der Waals surface area contributed by atoms with Gasteiger partial charge < -0.3 is 5.32 Å². The van der Waals surface area contributed by atoms with Gasteiger partial charge in [0.15, 0.2) is 0 Å². The summed E-state index contributed by atoms with van der Waals surface area (Å²) < 4.78 is 0.466. The van der Waals surface area contributed by atoms with E-state index in [0.29, 0.717) is 16.7 Å². The molecule has 0 aliphatic heterocycles. The Morgan fingerprint density at radius 3 is 3.06 bits per heavy atom. The van der Waals surface area contributed by atoms with Crippen LogP contribution in [0, 0.1) is 0 Å². The summed E-state index contributed by atoms with van der Waals surface area (Å²) in [6.45, 7) is 0.695. The molecule has 17 heavy (non-hydrogen) atoms. The zero-order valence-corrected chi connectivity index (χ0v) is 10.6. The zero-order valence-electron chi connectivity index (χ0n) is 8.98. The normalized spacial score (nSPS) is 10.2. The number of H-pyrrole nitrogens is 1. The van der Waals surface area contributed by atoms with Gasteiger partial charge in [-0.15, -0.1) is 0 Å². The molecule has 2 heterocycles. The summed E-state index contributed by atoms with van der Waals surface area (Å²) in [6.07, 6.45) is 4.13. The fourth-order valence-corrected chi connectivity index (χ4v) is 1.71. The molecule has 2 rings (SSSR count). The standard InChI is InChI=1S/C11H11BrN4O/c12-10-9(7-15-16-11(10)17)14-6-4-8-3-1-2-5-13-8/h1-3,5,7H,4,6H2,(H2,14,16,17). The fourth-order valence-electron chi connectivity index (χ4n) is 1.38. The van der Waals surface area contributed by atoms with Crippen LogP contribution in [0.3, 0.4) is 0 Å². The van der Waals surface area contributed by atoms with E-state index in [1.807, 2.05) is 18.2 Å². The Balaban J connectivity index is 1.95. The molecule has 0 spiro atoms. The quantitative estimate of drug-likeness (QED) is 0.898. The molecular weight excluding hydrogens is 284 g/mol. The van der Waals surface area contributed by atoms with Gasteiger partial charge in [-0.2, -0.15) is 5.10 Å². The van der Waals surface area contributed by atoms with E-state index in [1.165, 1.54) is 0 Å². The Hall–Kier alpha value is -1.69. The van der Waals surface area contributed by atoms with Crippen molar-refractivity contribution >= 4 is 21.6 Å². The Morgan fingerprint density at radius 1 is 1.41 bits per heavy atom. The van der Waals surface area contributed by atoms with Crippen LogP contribution in [-0.4, -0.2) is 21.7 Å². The number of nitrogens with one attached hydrogen (secondary N) is 2. The molecule has 88 valence electrons. The van der Waals surface area contributed by atoms with Gasteiger partial charge in [0.05, 0.1) is 11.9 Å². The van der Waals surface area contributed by atoms with Gasteiger partial charge in [-0.25, -0.2) is 5.10 Å². The lowest BCUT2D eigenvalue weighted by Gasteiger charge is -2.06. The van der Waals surface area contributed by atoms with Crippen molar-refractivity contribution in [2.75, 3.05) is 11.9 Å². The van der Waals surface area contributed by atoms with E-state index in [0.717, 1.165) is 12.1 Å². The largest absolute Gasteiger partial charge is 0.382 e. The lowest BCUT2D eigenvalue weighted by molar-refractivity contribution is 0.939. The van der Waals surface area contributed by atoms with Gasteiger partial charge in [-0.1, -0.05) is 6.07 Å². The second kappa shape index (κ2) is 5.58. The molecule has 0 unspecified atom stereocenters. The summed E-state index contributed by atoms with van der Waals surface area (Å²) >= 11 is 3.20. The average Bonchev–Trinajstić information content (AvgIpc) is 2.36. The van der Waals surface area contributed by atoms with Crippen LogP contribution in [0.2, 0.25) is 0 Å². The van der Waals surface area contributed by atoms with E-state index in [9.17, 15) is 4.79 Å². The number of aromatic nitrogens is 3. The molecule has 0 atom stereocenters. The summed E-state index contributed by atoms with van der Waals surface area (Å²) in [5, 5.41) is 9.20. The van der Waals surface area contributed by atoms with E-state index >= 15 is 0 Å². The van der Waals surface area contributed by atoms with Crippen LogP contribution in [0.5, 0.6) is 0 Å². The minimum atomic E-state index is -0.243. The van der Waals surface area contributed by atoms with E-state index in [1.54, 1.807) is 12.4 Å². The van der Waals surface area contributed by atoms with Gasteiger partial charge in [0, 0.05) is 24.9 Å². The van der Waals surface area contributed by atoms with Crippen molar-refractivity contribution in [1.29, 1.82) is 0 Å². The van der Waals surface area contributed by atoms with Crippen molar-refractivity contribution in [3.63, 3.8) is 0 Å². The van der Waals surface area contributed by atoms with Gasteiger partial charge in [0.1, 0.15) is 4.47 Å². The molecule has 0 saturated carbocycles. The first-order chi connectivity index (χ1) is 8.27. The van der Waals surface area contributed by atoms with Gasteiger partial charge in [0.2, 0.25) is 0 Å². The van der Waals surface area contributed by atoms with Crippen molar-refractivity contribution in [2.24, 2.45) is 0 Å². The minimum absolute atomic E-state index is 0.243. The summed E-state index contributed by atoms with van der Waals surface area (Å²) in [5.74, 6) is 0. The molecule has 0 saturated heterocycles. The Kier molecular flexibility index (Phi) is 3.87. The number of anilines is 1. The van der Waals surface area contributed by atoms with Crippen molar-refractivity contribution in [1.82, 2.24) is 15.2 Å². The minimum Gasteiger partial charge on any atom is -0.382 e. The van der Waals surface area contributed by atoms with E-state index < -0.39 is 0 Å². The second-order valence-corrected chi connectivity index (χ2v) is 4.22. The fraction of sp³-hybridized carbons (Fsp3) is 0.182. The number of pyridine rings is 1. The predicted octanol–water partition coefficient (Wildman–Crippen LogP) is 1.58. The third kappa shape index (κ3) is 3.13. The van der Waals surface area contributed by atoms with Crippen LogP contribution in [0.4, 0.5) is 5.69 Å². The van der Waals surface area contributed by atoms with E-state index in [-0.39, 0.29) is 5.56 Å². The van der Waals surface area contributed by atoms with Gasteiger partial charge in [0.25, 0.3) is 5.56 Å². The topological polar surface area (TPSA) is 70.7 Å². The lowest BCUT2D eigenvalue weighted by atomic mass is 10.2. The number of nitrogens with zero attached hydrogens (tertiary/aromatic N) is 2. The van der Waals surface area contributed by atoms with Crippen molar-refractivity contribution in [3.05, 3.63) is 51.1 Å². The van der Waals surface area contributed by atoms with E-state index in [4.69, 9.17) is 0 Å². The molecule has 2 N–H and O–H groups in total. The number of hydrogen-bond acceptors (Lipinski definition) is 4. The third-order valence-corrected chi connectivity index (χ3v) is 3.01. The van der Waals surface area contributed by atoms with Gasteiger partial charge in [-0.05, 0) is 28.1 Å². The molecule has 0 fully saturated rings. The molecule has 0 aromatic carbocycles. The molecule has 5 nitrogen and oxygen atoms in total. The van der Waals surface area contributed by atoms with Crippen molar-refractivity contribution in [2.45, 2.75) is 6.42 Å². The highest BCUT2D eigenvalue weighted by Crippen LogP contribution is 2.14. The molecule has 0 bridgehead atoms. The molecule has 2 aromatic heterocycles. The molecule has 0 radical (unpaired) electrons. The summed E-state index contributed by atoms with van der Waals surface area (Å²) in [7, 11) is 0. The van der Waals surface area contributed by atoms with Gasteiger partial charge >= 0.3 is 0 Å². The maximum absolute atomic E-state index is 11.3. The molecular formula is C11H11BrN4O. The highest BCUT2D eigenvalue weighted by Gasteiger charge is 2.03. The monoisotopic (exact) mass is 294 g/mol. The Bertz CT molecular complexity index is 541. The van der Waals surface area contributed by atoms with Crippen LogP contribution >= 0.6 is 15.9 Å². The predicted molar refractivity (Wildman–Crippen MR) is 69.0 cm³/mol. The molecule has 0 aliphatic rings. The van der Waals surface area contributed by atoms with E-state index in [2.05, 4.69) is 36.4 Å². The summed E-state index contributed by atoms with van der Waals surface area (Å²) in [5.41, 5.74) is 1.45. The maximum atomic E-state index is 11.3. The van der Waals surface area contributed by atoms with Crippen LogP contribution < -0.4 is 10.9 Å². The van der Waals surface area contributed by atoms with Gasteiger partial charge in [-0.3, -0.25) is 9.78 Å². The number of halogens is 1. The third-order valence-electron chi connectivity index (χ3n) is 2.22. The molecule has 2 aromatic rings. The first-order valence-corrected chi connectivity index (χ1v) is 5.93. The highest BCUT2D eigenvalue weighted by atomic mass is 79.9. The highest BCUT2D eigenvalue weighted by molar-refractivity contribution is 9.10. The summed E-state index contributed by atoms with van der Waals surface area (Å²) in [4.78, 5) is 15.5. The zero-order chi connectivity index (χ0) is 12.1. The molecule has 0 aliphatic carbocycles. The average molecular weight is 295 g/mol. The first-order valence-electron chi connectivity index (χ1n) is 5.14. The van der Waals surface area contributed by atoms with Crippen LogP contribution in [0.15, 0.2) is 39.9 Å². The first kappa shape index (κ1) is 11.8. The Morgan fingerprint density at radius 2 is 2.29 bits per heavy atom. The summed E-state index contributed by atoms with van der Waals surface area (Å²) in [6, 6.07) is 5.80. The molecule has 6 heteroatoms. The van der Waals surface area contributed by atoms with Crippen molar-refractivity contribution in [3.8, 4) is 0 Å². The van der Waals surface area contributed by atoms with Crippen LogP contribution in [-0.2, 0) is 6.42 Å². The van der Waals surface area contributed by atoms with Crippen molar-refractivity contribution < 1.29 is 0 Å². The SMILES string of the molecule is O=c1[nH]ncc(NCCc2ccccn2)c1Br. The number of hydrogen-bond donors (Lipinski definition) is 2. The Labute approximate surface area is 106 Å². The second-order valence-electron chi connectivity index (χ2n) is 3.42. The van der Waals surface area contributed by atoms with Crippen LogP contribution in [0.1, 0.15) is 5.69 Å². The number of rotatable bonds is 4. The smallest absolute Gasteiger partial charge is 0.280 e. The lowest BCUT2D eigenvalue weighted by Crippen LogP contribution is -2.13. The molecule has 0 amide bonds. The number of aromatic amines is 1. The maximum Gasteiger partial charge on any atom is 0.280 e.